The summed E-state index contributed by atoms with van der Waals surface area (Å²) in [4.78, 5) is 4.01. The highest BCUT2D eigenvalue weighted by Crippen LogP contribution is 2.27. The van der Waals surface area contributed by atoms with E-state index in [4.69, 9.17) is 10.5 Å². The number of hydrogen-bond acceptors (Lipinski definition) is 3. The van der Waals surface area contributed by atoms with Gasteiger partial charge in [0.05, 0.1) is 7.11 Å². The molecule has 0 aliphatic carbocycles. The summed E-state index contributed by atoms with van der Waals surface area (Å²) in [6.45, 7) is 0. The first kappa shape index (κ1) is 11.5. The van der Waals surface area contributed by atoms with E-state index in [0.29, 0.717) is 5.82 Å². The fraction of sp³-hybridized carbons (Fsp3) is 0.0625. The van der Waals surface area contributed by atoms with Crippen LogP contribution in [0.2, 0.25) is 0 Å². The monoisotopic (exact) mass is 250 g/mol. The summed E-state index contributed by atoms with van der Waals surface area (Å²) in [5.41, 5.74) is 7.92. The molecular formula is C16H14N2O. The first-order valence-electron chi connectivity index (χ1n) is 6.06. The molecule has 1 heterocycles. The van der Waals surface area contributed by atoms with E-state index in [9.17, 15) is 0 Å². The van der Waals surface area contributed by atoms with Gasteiger partial charge >= 0.3 is 0 Å². The Hall–Kier alpha value is -2.55. The van der Waals surface area contributed by atoms with Gasteiger partial charge in [-0.3, -0.25) is 0 Å². The lowest BCUT2D eigenvalue weighted by molar-refractivity contribution is 0.415. The molecule has 0 radical (unpaired) electrons. The minimum absolute atomic E-state index is 0.535. The number of methoxy groups -OCH3 is 1. The van der Waals surface area contributed by atoms with Gasteiger partial charge in [0.25, 0.3) is 0 Å². The molecule has 0 unspecified atom stereocenters. The van der Waals surface area contributed by atoms with Gasteiger partial charge in [-0.1, -0.05) is 18.2 Å². The molecule has 3 heteroatoms. The maximum Gasteiger partial charge on any atom is 0.123 e. The zero-order valence-electron chi connectivity index (χ0n) is 10.6. The summed E-state index contributed by atoms with van der Waals surface area (Å²) < 4.78 is 5.23. The average molecular weight is 250 g/mol. The summed E-state index contributed by atoms with van der Waals surface area (Å²) in [5, 5.41) is 2.33. The van der Waals surface area contributed by atoms with Gasteiger partial charge in [-0.05, 0) is 52.2 Å². The predicted molar refractivity (Wildman–Crippen MR) is 78.1 cm³/mol. The SMILES string of the molecule is COc1ccc2cc(-c3ccnc(N)c3)ccc2c1. The van der Waals surface area contributed by atoms with E-state index in [1.807, 2.05) is 24.3 Å². The van der Waals surface area contributed by atoms with Crippen molar-refractivity contribution in [1.82, 2.24) is 4.98 Å². The van der Waals surface area contributed by atoms with Crippen LogP contribution in [-0.2, 0) is 0 Å². The molecule has 0 saturated heterocycles. The molecular weight excluding hydrogens is 236 g/mol. The Labute approximate surface area is 111 Å². The van der Waals surface area contributed by atoms with E-state index >= 15 is 0 Å². The minimum Gasteiger partial charge on any atom is -0.497 e. The van der Waals surface area contributed by atoms with E-state index in [1.165, 1.54) is 5.39 Å². The lowest BCUT2D eigenvalue weighted by atomic mass is 10.0. The van der Waals surface area contributed by atoms with Crippen LogP contribution >= 0.6 is 0 Å². The first-order chi connectivity index (χ1) is 9.26. The predicted octanol–water partition coefficient (Wildman–Crippen LogP) is 3.49. The molecule has 94 valence electrons. The highest BCUT2D eigenvalue weighted by atomic mass is 16.5. The molecule has 3 rings (SSSR count). The molecule has 0 spiro atoms. The molecule has 2 aromatic carbocycles. The fourth-order valence-corrected chi connectivity index (χ4v) is 2.16. The van der Waals surface area contributed by atoms with Gasteiger partial charge in [-0.25, -0.2) is 4.98 Å². The Kier molecular flexibility index (Phi) is 2.80. The van der Waals surface area contributed by atoms with Crippen LogP contribution in [0.25, 0.3) is 21.9 Å². The minimum atomic E-state index is 0.535. The van der Waals surface area contributed by atoms with Gasteiger partial charge in [0, 0.05) is 6.20 Å². The van der Waals surface area contributed by atoms with E-state index in [-0.39, 0.29) is 0 Å². The topological polar surface area (TPSA) is 48.1 Å². The van der Waals surface area contributed by atoms with Crippen molar-refractivity contribution in [3.63, 3.8) is 0 Å². The molecule has 0 fully saturated rings. The summed E-state index contributed by atoms with van der Waals surface area (Å²) >= 11 is 0. The Balaban J connectivity index is 2.11. The lowest BCUT2D eigenvalue weighted by Gasteiger charge is -2.06. The van der Waals surface area contributed by atoms with Gasteiger partial charge in [0.15, 0.2) is 0 Å². The number of nitrogens with two attached hydrogens (primary N) is 1. The molecule has 0 aliphatic heterocycles. The van der Waals surface area contributed by atoms with E-state index in [1.54, 1.807) is 13.3 Å². The normalized spacial score (nSPS) is 10.6. The highest BCUT2D eigenvalue weighted by Gasteiger charge is 2.02. The Bertz CT molecular complexity index is 738. The summed E-state index contributed by atoms with van der Waals surface area (Å²) in [5.74, 6) is 1.40. The zero-order valence-corrected chi connectivity index (χ0v) is 10.6. The van der Waals surface area contributed by atoms with Gasteiger partial charge < -0.3 is 10.5 Å². The molecule has 0 saturated carbocycles. The molecule has 3 aromatic rings. The molecule has 0 bridgehead atoms. The summed E-state index contributed by atoms with van der Waals surface area (Å²) in [7, 11) is 1.68. The second kappa shape index (κ2) is 4.61. The Morgan fingerprint density at radius 1 is 0.895 bits per heavy atom. The van der Waals surface area contributed by atoms with Crippen molar-refractivity contribution in [3.8, 4) is 16.9 Å². The number of benzene rings is 2. The lowest BCUT2D eigenvalue weighted by Crippen LogP contribution is -1.89. The Morgan fingerprint density at radius 3 is 2.42 bits per heavy atom. The number of rotatable bonds is 2. The fourth-order valence-electron chi connectivity index (χ4n) is 2.16. The number of pyridine rings is 1. The van der Waals surface area contributed by atoms with E-state index in [0.717, 1.165) is 22.3 Å². The molecule has 2 N–H and O–H groups in total. The number of nitrogens with zero attached hydrogens (tertiary/aromatic N) is 1. The van der Waals surface area contributed by atoms with Crippen molar-refractivity contribution in [1.29, 1.82) is 0 Å². The third kappa shape index (κ3) is 2.22. The van der Waals surface area contributed by atoms with Crippen LogP contribution in [0.4, 0.5) is 5.82 Å². The third-order valence-corrected chi connectivity index (χ3v) is 3.16. The number of ether oxygens (including phenoxy) is 1. The largest absolute Gasteiger partial charge is 0.497 e. The average Bonchev–Trinajstić information content (AvgIpc) is 2.46. The van der Waals surface area contributed by atoms with Gasteiger partial charge in [0.1, 0.15) is 11.6 Å². The van der Waals surface area contributed by atoms with E-state index < -0.39 is 0 Å². The maximum absolute atomic E-state index is 5.72. The van der Waals surface area contributed by atoms with Crippen LogP contribution in [0.15, 0.2) is 54.7 Å². The molecule has 3 nitrogen and oxygen atoms in total. The molecule has 1 aromatic heterocycles. The van der Waals surface area contributed by atoms with Crippen molar-refractivity contribution < 1.29 is 4.74 Å². The van der Waals surface area contributed by atoms with E-state index in [2.05, 4.69) is 29.2 Å². The van der Waals surface area contributed by atoms with Crippen molar-refractivity contribution in [2.75, 3.05) is 12.8 Å². The molecule has 0 atom stereocenters. The second-order valence-corrected chi connectivity index (χ2v) is 4.40. The third-order valence-electron chi connectivity index (χ3n) is 3.16. The highest BCUT2D eigenvalue weighted by molar-refractivity contribution is 5.88. The first-order valence-corrected chi connectivity index (χ1v) is 6.06. The second-order valence-electron chi connectivity index (χ2n) is 4.40. The van der Waals surface area contributed by atoms with Crippen molar-refractivity contribution in [2.45, 2.75) is 0 Å². The quantitative estimate of drug-likeness (QED) is 0.757. The van der Waals surface area contributed by atoms with Crippen molar-refractivity contribution in [3.05, 3.63) is 54.7 Å². The number of nitrogen functional groups attached to an aromatic ring is 1. The summed E-state index contributed by atoms with van der Waals surface area (Å²) in [6.07, 6.45) is 1.73. The number of fused-ring (bicyclic) bond motifs is 1. The number of aromatic nitrogens is 1. The standard InChI is InChI=1S/C16H14N2O/c1-19-15-5-4-12-8-11(2-3-13(12)9-15)14-6-7-18-16(17)10-14/h2-10H,1H3,(H2,17,18). The maximum atomic E-state index is 5.72. The van der Waals surface area contributed by atoms with Crippen LogP contribution < -0.4 is 10.5 Å². The number of anilines is 1. The van der Waals surface area contributed by atoms with Crippen LogP contribution in [0, 0.1) is 0 Å². The molecule has 0 amide bonds. The number of hydrogen-bond donors (Lipinski definition) is 1. The molecule has 19 heavy (non-hydrogen) atoms. The van der Waals surface area contributed by atoms with Crippen LogP contribution in [0.1, 0.15) is 0 Å². The van der Waals surface area contributed by atoms with Crippen LogP contribution in [0.5, 0.6) is 5.75 Å². The van der Waals surface area contributed by atoms with Gasteiger partial charge in [-0.15, -0.1) is 0 Å². The van der Waals surface area contributed by atoms with Crippen molar-refractivity contribution in [2.24, 2.45) is 0 Å². The van der Waals surface area contributed by atoms with Crippen molar-refractivity contribution >= 4 is 16.6 Å². The smallest absolute Gasteiger partial charge is 0.123 e. The van der Waals surface area contributed by atoms with Crippen LogP contribution in [-0.4, -0.2) is 12.1 Å². The van der Waals surface area contributed by atoms with Crippen LogP contribution in [0.3, 0.4) is 0 Å². The summed E-state index contributed by atoms with van der Waals surface area (Å²) in [6, 6.07) is 16.2. The Morgan fingerprint density at radius 2 is 1.63 bits per heavy atom. The molecule has 0 aliphatic rings. The van der Waals surface area contributed by atoms with Gasteiger partial charge in [-0.2, -0.15) is 0 Å². The van der Waals surface area contributed by atoms with Gasteiger partial charge in [0.2, 0.25) is 0 Å². The zero-order chi connectivity index (χ0) is 13.2.